The highest BCUT2D eigenvalue weighted by Gasteiger charge is 2.23. The molecule has 0 heterocycles. The van der Waals surface area contributed by atoms with Crippen LogP contribution in [0.2, 0.25) is 0 Å². The van der Waals surface area contributed by atoms with E-state index in [1.807, 2.05) is 0 Å². The molecule has 2 amide bonds. The highest BCUT2D eigenvalue weighted by molar-refractivity contribution is 7.80. The van der Waals surface area contributed by atoms with Crippen molar-refractivity contribution in [2.45, 2.75) is 213 Å². The topological polar surface area (TPSA) is 161 Å². The van der Waals surface area contributed by atoms with Crippen LogP contribution in [0.3, 0.4) is 0 Å². The molecule has 0 aliphatic carbocycles. The van der Waals surface area contributed by atoms with Crippen molar-refractivity contribution in [2.75, 3.05) is 13.2 Å². The van der Waals surface area contributed by atoms with Gasteiger partial charge in [-0.05, 0) is 77.0 Å². The molecule has 0 bridgehead atoms. The summed E-state index contributed by atoms with van der Waals surface area (Å²) < 4.78 is 38.0. The van der Waals surface area contributed by atoms with Gasteiger partial charge in [0.05, 0.1) is 6.10 Å². The first-order valence-electron chi connectivity index (χ1n) is 20.6. The van der Waals surface area contributed by atoms with Gasteiger partial charge in [-0.25, -0.2) is 8.42 Å². The van der Waals surface area contributed by atoms with Crippen molar-refractivity contribution in [1.29, 1.82) is 0 Å². The third-order valence-corrected chi connectivity index (χ3v) is 9.79. The SMILES string of the molecule is CCCCCCCC/C=C\CCCCCCCC(=O)N(CCC(CCO)OS(=O)(=O)[O-])C(=O)CCCCCCC/C=C\CCCCCCCC.[NH4+]. The molecule has 51 heavy (non-hydrogen) atoms. The Balaban J connectivity index is 0. The average Bonchev–Trinajstić information content (AvgIpc) is 3.07. The van der Waals surface area contributed by atoms with Gasteiger partial charge < -0.3 is 15.8 Å². The fraction of sp³-hybridized carbons (Fsp3) is 0.854. The molecule has 5 N–H and O–H groups in total. The molecule has 0 saturated carbocycles. The van der Waals surface area contributed by atoms with Gasteiger partial charge in [0, 0.05) is 26.0 Å². The van der Waals surface area contributed by atoms with Crippen molar-refractivity contribution in [3.05, 3.63) is 24.3 Å². The van der Waals surface area contributed by atoms with E-state index in [-0.39, 0.29) is 56.8 Å². The minimum Gasteiger partial charge on any atom is -0.726 e. The van der Waals surface area contributed by atoms with Gasteiger partial charge in [-0.1, -0.05) is 141 Å². The summed E-state index contributed by atoms with van der Waals surface area (Å²) in [6, 6.07) is 0. The van der Waals surface area contributed by atoms with Crippen LogP contribution in [0.4, 0.5) is 0 Å². The van der Waals surface area contributed by atoms with Crippen LogP contribution in [-0.2, 0) is 24.2 Å². The van der Waals surface area contributed by atoms with Gasteiger partial charge in [-0.15, -0.1) is 0 Å². The van der Waals surface area contributed by atoms with Crippen LogP contribution < -0.4 is 6.15 Å². The van der Waals surface area contributed by atoms with E-state index in [0.29, 0.717) is 12.8 Å². The predicted octanol–water partition coefficient (Wildman–Crippen LogP) is 11.4. The highest BCUT2D eigenvalue weighted by Crippen LogP contribution is 2.16. The Hall–Kier alpha value is -1.59. The molecule has 0 radical (unpaired) electrons. The lowest BCUT2D eigenvalue weighted by Crippen LogP contribution is -2.39. The smallest absolute Gasteiger partial charge is 0.229 e. The molecule has 0 aliphatic heterocycles. The summed E-state index contributed by atoms with van der Waals surface area (Å²) >= 11 is 0. The zero-order valence-corrected chi connectivity index (χ0v) is 34.1. The first kappa shape index (κ1) is 51.5. The molecule has 0 aromatic heterocycles. The number of amides is 2. The van der Waals surface area contributed by atoms with Crippen LogP contribution >= 0.6 is 0 Å². The molecule has 1 unspecified atom stereocenters. The van der Waals surface area contributed by atoms with Crippen molar-refractivity contribution in [1.82, 2.24) is 11.1 Å². The summed E-state index contributed by atoms with van der Waals surface area (Å²) in [4.78, 5) is 27.5. The number of hydrogen-bond acceptors (Lipinski definition) is 7. The molecular weight excluding hydrogens is 665 g/mol. The van der Waals surface area contributed by atoms with Gasteiger partial charge in [0.2, 0.25) is 22.2 Å². The number of hydrogen-bond donors (Lipinski definition) is 2. The Bertz CT molecular complexity index is 904. The van der Waals surface area contributed by atoms with Crippen molar-refractivity contribution >= 4 is 22.2 Å². The quantitative estimate of drug-likeness (QED) is 0.0277. The van der Waals surface area contributed by atoms with Gasteiger partial charge in [-0.2, -0.15) is 0 Å². The van der Waals surface area contributed by atoms with Crippen LogP contribution in [0.5, 0.6) is 0 Å². The molecule has 0 aromatic rings. The van der Waals surface area contributed by atoms with Crippen molar-refractivity contribution in [3.8, 4) is 0 Å². The molecule has 302 valence electrons. The molecular formula is C41H80N2O7S. The van der Waals surface area contributed by atoms with Crippen molar-refractivity contribution < 1.29 is 31.8 Å². The summed E-state index contributed by atoms with van der Waals surface area (Å²) in [5.41, 5.74) is 0. The van der Waals surface area contributed by atoms with E-state index >= 15 is 0 Å². The van der Waals surface area contributed by atoms with E-state index in [2.05, 4.69) is 42.3 Å². The lowest BCUT2D eigenvalue weighted by molar-refractivity contribution is -0.145. The second-order valence-corrected chi connectivity index (χ2v) is 15.0. The van der Waals surface area contributed by atoms with E-state index in [0.717, 1.165) is 64.2 Å². The largest absolute Gasteiger partial charge is 0.726 e. The van der Waals surface area contributed by atoms with Gasteiger partial charge in [-0.3, -0.25) is 18.7 Å². The molecule has 10 heteroatoms. The molecule has 0 saturated heterocycles. The van der Waals surface area contributed by atoms with Crippen LogP contribution in [0.1, 0.15) is 206 Å². The third-order valence-electron chi connectivity index (χ3n) is 9.29. The summed E-state index contributed by atoms with van der Waals surface area (Å²) in [6.07, 6.45) is 38.7. The second kappa shape index (κ2) is 38.1. The number of allylic oxidation sites excluding steroid dienone is 4. The minimum atomic E-state index is -4.97. The average molecular weight is 745 g/mol. The molecule has 0 fully saturated rings. The molecule has 0 aromatic carbocycles. The summed E-state index contributed by atoms with van der Waals surface area (Å²) in [6.45, 7) is 4.08. The van der Waals surface area contributed by atoms with Gasteiger partial charge >= 0.3 is 0 Å². The first-order valence-corrected chi connectivity index (χ1v) is 22.0. The minimum absolute atomic E-state index is 0. The lowest BCUT2D eigenvalue weighted by atomic mass is 10.1. The van der Waals surface area contributed by atoms with Crippen LogP contribution in [0, 0.1) is 0 Å². The van der Waals surface area contributed by atoms with Gasteiger partial charge in [0.1, 0.15) is 0 Å². The number of quaternary nitrogens is 1. The normalized spacial score (nSPS) is 12.5. The van der Waals surface area contributed by atoms with E-state index in [4.69, 9.17) is 0 Å². The molecule has 9 nitrogen and oxygen atoms in total. The van der Waals surface area contributed by atoms with Crippen LogP contribution in [-0.4, -0.2) is 54.0 Å². The number of unbranched alkanes of at least 4 members (excludes halogenated alkanes) is 22. The Morgan fingerprint density at radius 3 is 1.25 bits per heavy atom. The molecule has 1 atom stereocenters. The summed E-state index contributed by atoms with van der Waals surface area (Å²) in [5.74, 6) is -0.541. The Kier molecular flexibility index (Phi) is 38.5. The standard InChI is InChI=1S/C41H77NO7S.H3N/c1-3-5-7-9-11-13-15-17-19-21-23-25-27-29-31-33-40(44)42(37-35-39(36-38-43)49-50(46,47)48)41(45)34-32-30-28-26-24-22-20-18-16-14-12-10-8-6-4-2;/h17-20,39,43H,3-16,21-38H2,1-2H3,(H,46,47,48);1H3/b19-17-,20-18-;. The maximum Gasteiger partial charge on any atom is 0.229 e. The van der Waals surface area contributed by atoms with Crippen LogP contribution in [0.25, 0.3) is 0 Å². The van der Waals surface area contributed by atoms with Crippen molar-refractivity contribution in [3.63, 3.8) is 0 Å². The number of carbonyl (C=O) groups is 2. The second-order valence-electron chi connectivity index (χ2n) is 14.0. The maximum atomic E-state index is 13.2. The number of aliphatic hydroxyl groups excluding tert-OH is 1. The fourth-order valence-electron chi connectivity index (χ4n) is 6.18. The number of aliphatic hydroxyl groups is 1. The zero-order chi connectivity index (χ0) is 37.0. The van der Waals surface area contributed by atoms with E-state index < -0.39 is 16.5 Å². The van der Waals surface area contributed by atoms with E-state index in [1.54, 1.807) is 0 Å². The number of imide groups is 1. The number of rotatable bonds is 37. The maximum absolute atomic E-state index is 13.2. The highest BCUT2D eigenvalue weighted by atomic mass is 32.3. The zero-order valence-electron chi connectivity index (χ0n) is 33.3. The summed E-state index contributed by atoms with van der Waals surface area (Å²) in [5, 5.41) is 9.29. The monoisotopic (exact) mass is 745 g/mol. The fourth-order valence-corrected chi connectivity index (χ4v) is 6.70. The van der Waals surface area contributed by atoms with Gasteiger partial charge in [0.15, 0.2) is 0 Å². The summed E-state index contributed by atoms with van der Waals surface area (Å²) in [7, 11) is -4.97. The number of carbonyl (C=O) groups excluding carboxylic acids is 2. The first-order chi connectivity index (χ1) is 24.2. The van der Waals surface area contributed by atoms with E-state index in [1.165, 1.54) is 94.8 Å². The lowest BCUT2D eigenvalue weighted by Gasteiger charge is -2.24. The number of nitrogens with zero attached hydrogens (tertiary/aromatic N) is 1. The van der Waals surface area contributed by atoms with Gasteiger partial charge in [0.25, 0.3) is 0 Å². The third kappa shape index (κ3) is 36.6. The molecule has 0 aliphatic rings. The predicted molar refractivity (Wildman–Crippen MR) is 212 cm³/mol. The Morgan fingerprint density at radius 1 is 0.588 bits per heavy atom. The Labute approximate surface area is 314 Å². The molecule has 0 rings (SSSR count). The molecule has 0 spiro atoms. The van der Waals surface area contributed by atoms with Crippen LogP contribution in [0.15, 0.2) is 24.3 Å². The van der Waals surface area contributed by atoms with E-state index in [9.17, 15) is 27.7 Å². The van der Waals surface area contributed by atoms with Crippen molar-refractivity contribution in [2.24, 2.45) is 0 Å². The Morgan fingerprint density at radius 2 is 0.922 bits per heavy atom.